The van der Waals surface area contributed by atoms with E-state index in [1.165, 1.54) is 23.6 Å². The highest BCUT2D eigenvalue weighted by atomic mass is 19.3. The van der Waals surface area contributed by atoms with E-state index in [2.05, 4.69) is 9.97 Å². The van der Waals surface area contributed by atoms with Crippen molar-refractivity contribution in [3.63, 3.8) is 0 Å². The van der Waals surface area contributed by atoms with Gasteiger partial charge in [0.15, 0.2) is 22.7 Å². The fraction of sp³-hybridized carbons (Fsp3) is 0.292. The van der Waals surface area contributed by atoms with Crippen molar-refractivity contribution in [1.82, 2.24) is 19.1 Å². The third kappa shape index (κ3) is 5.09. The van der Waals surface area contributed by atoms with E-state index >= 15 is 0 Å². The second kappa shape index (κ2) is 9.71. The number of ether oxygens (including phenoxy) is 2. The maximum atomic E-state index is 13.2. The van der Waals surface area contributed by atoms with Gasteiger partial charge < -0.3 is 19.1 Å². The molecule has 0 saturated carbocycles. The normalized spacial score (nSPS) is 12.3. The van der Waals surface area contributed by atoms with Crippen LogP contribution in [0.1, 0.15) is 18.1 Å². The van der Waals surface area contributed by atoms with E-state index in [-0.39, 0.29) is 41.6 Å². The Morgan fingerprint density at radius 1 is 1.11 bits per heavy atom. The number of fused-ring (bicyclic) bond motifs is 1. The topological polar surface area (TPSA) is 111 Å². The van der Waals surface area contributed by atoms with Crippen LogP contribution in [-0.4, -0.2) is 36.9 Å². The molecule has 0 bridgehead atoms. The predicted octanol–water partition coefficient (Wildman–Crippen LogP) is 2.96. The molecule has 9 nitrogen and oxygen atoms in total. The molecule has 0 aliphatic carbocycles. The molecule has 0 amide bonds. The van der Waals surface area contributed by atoms with E-state index in [9.17, 15) is 23.5 Å². The van der Waals surface area contributed by atoms with Crippen LogP contribution in [0.5, 0.6) is 11.5 Å². The Balaban J connectivity index is 1.76. The summed E-state index contributed by atoms with van der Waals surface area (Å²) < 4.78 is 39.3. The molecular formula is C24H24F2N4O5. The number of aromatic amines is 1. The lowest BCUT2D eigenvalue weighted by Crippen LogP contribution is -2.33. The van der Waals surface area contributed by atoms with E-state index in [0.717, 1.165) is 15.7 Å². The number of aryl methyl sites for hydroxylation is 2. The molecule has 0 fully saturated rings. The smallest absolute Gasteiger partial charge is 0.387 e. The number of aromatic nitrogens is 4. The summed E-state index contributed by atoms with van der Waals surface area (Å²) in [6, 6.07) is 12.0. The number of aliphatic hydroxyl groups excluding tert-OH is 1. The average molecular weight is 486 g/mol. The number of alkyl halides is 2. The van der Waals surface area contributed by atoms with Gasteiger partial charge in [-0.3, -0.25) is 14.3 Å². The number of aliphatic hydroxyl groups is 1. The molecule has 1 atom stereocenters. The van der Waals surface area contributed by atoms with Crippen LogP contribution in [0.2, 0.25) is 0 Å². The van der Waals surface area contributed by atoms with Crippen LogP contribution in [0, 0.1) is 6.92 Å². The van der Waals surface area contributed by atoms with Crippen molar-refractivity contribution in [3.05, 3.63) is 74.4 Å². The van der Waals surface area contributed by atoms with E-state index in [0.29, 0.717) is 5.56 Å². The number of benzene rings is 2. The van der Waals surface area contributed by atoms with Gasteiger partial charge in [-0.2, -0.15) is 8.78 Å². The van der Waals surface area contributed by atoms with Gasteiger partial charge in [0.2, 0.25) is 0 Å². The van der Waals surface area contributed by atoms with Crippen molar-refractivity contribution in [3.8, 4) is 22.9 Å². The number of H-pyrrole nitrogens is 1. The second-order valence-corrected chi connectivity index (χ2v) is 8.20. The Hall–Kier alpha value is -3.99. The number of nitrogens with zero attached hydrogens (tertiary/aromatic N) is 3. The second-order valence-electron chi connectivity index (χ2n) is 8.20. The zero-order valence-electron chi connectivity index (χ0n) is 19.3. The number of nitrogens with one attached hydrogen (secondary N) is 1. The fourth-order valence-electron chi connectivity index (χ4n) is 3.74. The first-order valence-corrected chi connectivity index (χ1v) is 10.8. The van der Waals surface area contributed by atoms with Crippen molar-refractivity contribution in [2.75, 3.05) is 0 Å². The summed E-state index contributed by atoms with van der Waals surface area (Å²) in [7, 11) is 1.56. The molecule has 184 valence electrons. The lowest BCUT2D eigenvalue weighted by Gasteiger charge is -2.14. The molecule has 0 saturated heterocycles. The molecule has 2 N–H and O–H groups in total. The van der Waals surface area contributed by atoms with Crippen molar-refractivity contribution >= 4 is 11.2 Å². The first-order valence-electron chi connectivity index (χ1n) is 10.8. The number of rotatable bonds is 8. The van der Waals surface area contributed by atoms with E-state index in [1.807, 2.05) is 31.2 Å². The standard InChI is InChI=1S/C24H24F2N4O5/c1-13-4-6-15(7-5-13)12-34-17-9-8-16(10-18(17)35-23(25)26)20-27-21-19(29(20)3)22(32)28-24(33)30(21)11-14(2)31/h4-10,14,23,31H,11-12H2,1-3H3,(H,28,32,33). The molecule has 35 heavy (non-hydrogen) atoms. The van der Waals surface area contributed by atoms with Gasteiger partial charge in [0.05, 0.1) is 12.6 Å². The van der Waals surface area contributed by atoms with Crippen LogP contribution in [-0.2, 0) is 20.2 Å². The summed E-state index contributed by atoms with van der Waals surface area (Å²) in [4.78, 5) is 31.4. The third-order valence-corrected chi connectivity index (χ3v) is 5.39. The predicted molar refractivity (Wildman–Crippen MR) is 125 cm³/mol. The summed E-state index contributed by atoms with van der Waals surface area (Å²) >= 11 is 0. The molecule has 1 unspecified atom stereocenters. The number of hydrogen-bond acceptors (Lipinski definition) is 6. The van der Waals surface area contributed by atoms with Crippen LogP contribution >= 0.6 is 0 Å². The van der Waals surface area contributed by atoms with Crippen LogP contribution in [0.3, 0.4) is 0 Å². The first-order chi connectivity index (χ1) is 16.6. The summed E-state index contributed by atoms with van der Waals surface area (Å²) in [5.41, 5.74) is 1.08. The molecule has 11 heteroatoms. The van der Waals surface area contributed by atoms with Gasteiger partial charge in [-0.25, -0.2) is 9.78 Å². The summed E-state index contributed by atoms with van der Waals surface area (Å²) in [6.07, 6.45) is -0.872. The molecule has 4 aromatic rings. The highest BCUT2D eigenvalue weighted by Crippen LogP contribution is 2.34. The molecule has 4 rings (SSSR count). The number of hydrogen-bond donors (Lipinski definition) is 2. The van der Waals surface area contributed by atoms with Gasteiger partial charge in [0.25, 0.3) is 5.56 Å². The zero-order valence-corrected chi connectivity index (χ0v) is 19.3. The largest absolute Gasteiger partial charge is 0.485 e. The molecular weight excluding hydrogens is 462 g/mol. The minimum absolute atomic E-state index is 0.0631. The Morgan fingerprint density at radius 2 is 1.83 bits per heavy atom. The van der Waals surface area contributed by atoms with Crippen LogP contribution < -0.4 is 20.7 Å². The highest BCUT2D eigenvalue weighted by molar-refractivity contribution is 5.77. The molecule has 0 aliphatic rings. The highest BCUT2D eigenvalue weighted by Gasteiger charge is 2.20. The lowest BCUT2D eigenvalue weighted by molar-refractivity contribution is -0.0515. The van der Waals surface area contributed by atoms with Crippen molar-refractivity contribution in [1.29, 1.82) is 0 Å². The number of imidazole rings is 1. The Labute approximate surface area is 198 Å². The van der Waals surface area contributed by atoms with Crippen molar-refractivity contribution in [2.24, 2.45) is 7.05 Å². The minimum atomic E-state index is -3.09. The molecule has 0 spiro atoms. The monoisotopic (exact) mass is 486 g/mol. The summed E-state index contributed by atoms with van der Waals surface area (Å²) in [6.45, 7) is 0.416. The lowest BCUT2D eigenvalue weighted by atomic mass is 10.1. The van der Waals surface area contributed by atoms with Crippen molar-refractivity contribution < 1.29 is 23.4 Å². The van der Waals surface area contributed by atoms with Gasteiger partial charge in [-0.05, 0) is 37.6 Å². The van der Waals surface area contributed by atoms with E-state index < -0.39 is 24.0 Å². The SMILES string of the molecule is Cc1ccc(COc2ccc(-c3nc4c(c(=O)[nH]c(=O)n4CC(C)O)n3C)cc2OC(F)F)cc1. The molecule has 2 aromatic heterocycles. The third-order valence-electron chi connectivity index (χ3n) is 5.39. The number of halogens is 2. The van der Waals surface area contributed by atoms with Gasteiger partial charge >= 0.3 is 12.3 Å². The van der Waals surface area contributed by atoms with Crippen LogP contribution in [0.25, 0.3) is 22.6 Å². The summed E-state index contributed by atoms with van der Waals surface area (Å²) in [5, 5.41) is 9.76. The Morgan fingerprint density at radius 3 is 2.49 bits per heavy atom. The van der Waals surface area contributed by atoms with Crippen LogP contribution in [0.15, 0.2) is 52.1 Å². The molecule has 0 aliphatic heterocycles. The van der Waals surface area contributed by atoms with Crippen molar-refractivity contribution in [2.45, 2.75) is 39.7 Å². The minimum Gasteiger partial charge on any atom is -0.485 e. The molecule has 2 aromatic carbocycles. The molecule has 0 radical (unpaired) electrons. The molecule has 2 heterocycles. The maximum absolute atomic E-state index is 13.2. The summed E-state index contributed by atoms with van der Waals surface area (Å²) in [5.74, 6) is 0.142. The zero-order chi connectivity index (χ0) is 25.3. The van der Waals surface area contributed by atoms with Gasteiger partial charge in [0, 0.05) is 12.6 Å². The van der Waals surface area contributed by atoms with E-state index in [4.69, 9.17) is 9.47 Å². The van der Waals surface area contributed by atoms with Crippen LogP contribution in [0.4, 0.5) is 8.78 Å². The van der Waals surface area contributed by atoms with Gasteiger partial charge in [0.1, 0.15) is 12.4 Å². The quantitative estimate of drug-likeness (QED) is 0.396. The average Bonchev–Trinajstić information content (AvgIpc) is 3.14. The van der Waals surface area contributed by atoms with Gasteiger partial charge in [-0.1, -0.05) is 29.8 Å². The maximum Gasteiger partial charge on any atom is 0.387 e. The Bertz CT molecular complexity index is 1470. The Kier molecular flexibility index (Phi) is 6.70. The van der Waals surface area contributed by atoms with E-state index in [1.54, 1.807) is 13.1 Å². The van der Waals surface area contributed by atoms with Gasteiger partial charge in [-0.15, -0.1) is 0 Å². The fourth-order valence-corrected chi connectivity index (χ4v) is 3.74. The first kappa shape index (κ1) is 24.1.